The summed E-state index contributed by atoms with van der Waals surface area (Å²) >= 11 is 0. The molecular weight excluding hydrogens is 266 g/mol. The molecule has 4 amide bonds. The van der Waals surface area contributed by atoms with E-state index in [4.69, 9.17) is 5.11 Å². The summed E-state index contributed by atoms with van der Waals surface area (Å²) in [4.78, 5) is 45.2. The van der Waals surface area contributed by atoms with E-state index in [1.807, 2.05) is 6.92 Å². The number of hydrogen-bond acceptors (Lipinski definition) is 4. The Labute approximate surface area is 116 Å². The fraction of sp³-hybridized carbons (Fsp3) is 0.667. The van der Waals surface area contributed by atoms with Gasteiger partial charge < -0.3 is 15.7 Å². The molecule has 0 spiro atoms. The van der Waals surface area contributed by atoms with Crippen LogP contribution >= 0.6 is 0 Å². The van der Waals surface area contributed by atoms with Gasteiger partial charge in [0.1, 0.15) is 12.1 Å². The molecule has 1 heterocycles. The second-order valence-electron chi connectivity index (χ2n) is 4.82. The largest absolute Gasteiger partial charge is 0.480 e. The maximum absolute atomic E-state index is 11.7. The highest BCUT2D eigenvalue weighted by molar-refractivity contribution is 6.01. The lowest BCUT2D eigenvalue weighted by atomic mass is 9.99. The van der Waals surface area contributed by atoms with Gasteiger partial charge in [-0.25, -0.2) is 9.59 Å². The Morgan fingerprint density at radius 2 is 2.10 bits per heavy atom. The first kappa shape index (κ1) is 15.9. The predicted octanol–water partition coefficient (Wildman–Crippen LogP) is -0.410. The summed E-state index contributed by atoms with van der Waals surface area (Å²) in [5.74, 6) is -2.32. The molecule has 4 N–H and O–H groups in total. The lowest BCUT2D eigenvalue weighted by Crippen LogP contribution is -2.57. The Morgan fingerprint density at radius 3 is 2.60 bits per heavy atom. The summed E-state index contributed by atoms with van der Waals surface area (Å²) in [6.45, 7) is 3.53. The van der Waals surface area contributed by atoms with Gasteiger partial charge >= 0.3 is 12.0 Å². The number of urea groups is 1. The predicted molar refractivity (Wildman–Crippen MR) is 68.7 cm³/mol. The number of carboxylic acid groups (broad SMARTS) is 1. The van der Waals surface area contributed by atoms with Gasteiger partial charge in [0, 0.05) is 6.42 Å². The van der Waals surface area contributed by atoms with Crippen molar-refractivity contribution >= 4 is 23.8 Å². The Hall–Kier alpha value is -2.12. The maximum atomic E-state index is 11.7. The van der Waals surface area contributed by atoms with Gasteiger partial charge in [0.15, 0.2) is 0 Å². The number of imide groups is 1. The van der Waals surface area contributed by atoms with Crippen molar-refractivity contribution in [2.24, 2.45) is 5.92 Å². The molecule has 1 aliphatic heterocycles. The fourth-order valence-electron chi connectivity index (χ4n) is 1.86. The van der Waals surface area contributed by atoms with Crippen LogP contribution in [0.15, 0.2) is 0 Å². The molecule has 8 heteroatoms. The topological polar surface area (TPSA) is 125 Å². The molecular formula is C12H19N3O5. The van der Waals surface area contributed by atoms with Gasteiger partial charge in [-0.1, -0.05) is 20.3 Å². The molecule has 0 aliphatic carbocycles. The Kier molecular flexibility index (Phi) is 5.48. The summed E-state index contributed by atoms with van der Waals surface area (Å²) in [6, 6.07) is -2.57. The van der Waals surface area contributed by atoms with E-state index >= 15 is 0 Å². The third kappa shape index (κ3) is 4.22. The van der Waals surface area contributed by atoms with Crippen LogP contribution < -0.4 is 16.0 Å². The quantitative estimate of drug-likeness (QED) is 0.511. The standard InChI is InChI=1S/C12H19N3O5/c1-3-6(2)9(11(18)19)15-12(20)13-7-4-5-8(16)14-10(7)17/h6-7,9H,3-5H2,1-2H3,(H,18,19)(H2,13,15,20)(H,14,16,17). The number of carbonyl (C=O) groups is 4. The smallest absolute Gasteiger partial charge is 0.326 e. The number of nitrogens with one attached hydrogen (secondary N) is 3. The van der Waals surface area contributed by atoms with Gasteiger partial charge in [-0.15, -0.1) is 0 Å². The molecule has 1 fully saturated rings. The molecule has 8 nitrogen and oxygen atoms in total. The lowest BCUT2D eigenvalue weighted by Gasteiger charge is -2.24. The molecule has 1 rings (SSSR count). The number of rotatable bonds is 5. The average molecular weight is 285 g/mol. The van der Waals surface area contributed by atoms with E-state index in [-0.39, 0.29) is 24.7 Å². The number of amides is 4. The molecule has 0 saturated carbocycles. The zero-order valence-corrected chi connectivity index (χ0v) is 11.4. The second-order valence-corrected chi connectivity index (χ2v) is 4.82. The average Bonchev–Trinajstić information content (AvgIpc) is 2.38. The summed E-state index contributed by atoms with van der Waals surface area (Å²) in [5.41, 5.74) is 0. The van der Waals surface area contributed by atoms with Gasteiger partial charge in [-0.3, -0.25) is 14.9 Å². The minimum atomic E-state index is -1.13. The van der Waals surface area contributed by atoms with Crippen molar-refractivity contribution in [3.8, 4) is 0 Å². The fourth-order valence-corrected chi connectivity index (χ4v) is 1.86. The van der Waals surface area contributed by atoms with Crippen LogP contribution in [0.2, 0.25) is 0 Å². The van der Waals surface area contributed by atoms with Crippen molar-refractivity contribution in [3.63, 3.8) is 0 Å². The number of aliphatic carboxylic acids is 1. The molecule has 3 unspecified atom stereocenters. The van der Waals surface area contributed by atoms with Crippen LogP contribution in [0.5, 0.6) is 0 Å². The van der Waals surface area contributed by atoms with E-state index in [2.05, 4.69) is 16.0 Å². The van der Waals surface area contributed by atoms with E-state index < -0.39 is 30.0 Å². The second kappa shape index (κ2) is 6.88. The van der Waals surface area contributed by atoms with Crippen molar-refractivity contribution in [2.75, 3.05) is 0 Å². The molecule has 3 atom stereocenters. The first-order valence-electron chi connectivity index (χ1n) is 6.48. The number of carboxylic acids is 1. The van der Waals surface area contributed by atoms with Crippen LogP contribution in [0.25, 0.3) is 0 Å². The van der Waals surface area contributed by atoms with E-state index in [0.717, 1.165) is 0 Å². The first-order valence-corrected chi connectivity index (χ1v) is 6.48. The summed E-state index contributed by atoms with van der Waals surface area (Å²) in [7, 11) is 0. The summed E-state index contributed by atoms with van der Waals surface area (Å²) in [6.07, 6.45) is 0.944. The molecule has 1 saturated heterocycles. The van der Waals surface area contributed by atoms with Crippen LogP contribution in [0, 0.1) is 5.92 Å². The molecule has 0 aromatic rings. The Morgan fingerprint density at radius 1 is 1.45 bits per heavy atom. The van der Waals surface area contributed by atoms with E-state index in [0.29, 0.717) is 6.42 Å². The monoisotopic (exact) mass is 285 g/mol. The molecule has 0 radical (unpaired) electrons. The lowest BCUT2D eigenvalue weighted by molar-refractivity contribution is -0.140. The van der Waals surface area contributed by atoms with Crippen LogP contribution in [-0.4, -0.2) is 41.0 Å². The third-order valence-electron chi connectivity index (χ3n) is 3.31. The van der Waals surface area contributed by atoms with Crippen LogP contribution in [0.1, 0.15) is 33.1 Å². The number of carbonyl (C=O) groups excluding carboxylic acids is 3. The van der Waals surface area contributed by atoms with E-state index in [9.17, 15) is 19.2 Å². The number of hydrogen-bond donors (Lipinski definition) is 4. The van der Waals surface area contributed by atoms with Gasteiger partial charge in [0.2, 0.25) is 11.8 Å². The summed E-state index contributed by atoms with van der Waals surface area (Å²) in [5, 5.41) is 15.9. The van der Waals surface area contributed by atoms with Gasteiger partial charge in [0.25, 0.3) is 0 Å². The minimum Gasteiger partial charge on any atom is -0.480 e. The molecule has 20 heavy (non-hydrogen) atoms. The van der Waals surface area contributed by atoms with Crippen molar-refractivity contribution in [1.82, 2.24) is 16.0 Å². The summed E-state index contributed by atoms with van der Waals surface area (Å²) < 4.78 is 0. The number of piperidine rings is 1. The van der Waals surface area contributed by atoms with Crippen LogP contribution in [0.3, 0.4) is 0 Å². The molecule has 0 aromatic carbocycles. The minimum absolute atomic E-state index is 0.143. The molecule has 1 aliphatic rings. The third-order valence-corrected chi connectivity index (χ3v) is 3.31. The van der Waals surface area contributed by atoms with Crippen molar-refractivity contribution in [2.45, 2.75) is 45.2 Å². The molecule has 0 aromatic heterocycles. The van der Waals surface area contributed by atoms with E-state index in [1.165, 1.54) is 0 Å². The molecule has 0 bridgehead atoms. The van der Waals surface area contributed by atoms with Gasteiger partial charge in [-0.2, -0.15) is 0 Å². The van der Waals surface area contributed by atoms with Gasteiger partial charge in [-0.05, 0) is 12.3 Å². The zero-order valence-electron chi connectivity index (χ0n) is 11.4. The van der Waals surface area contributed by atoms with Gasteiger partial charge in [0.05, 0.1) is 0 Å². The van der Waals surface area contributed by atoms with Crippen molar-refractivity contribution in [1.29, 1.82) is 0 Å². The highest BCUT2D eigenvalue weighted by Crippen LogP contribution is 2.08. The van der Waals surface area contributed by atoms with Crippen LogP contribution in [0.4, 0.5) is 4.79 Å². The normalized spacial score (nSPS) is 21.6. The van der Waals surface area contributed by atoms with Crippen molar-refractivity contribution in [3.05, 3.63) is 0 Å². The highest BCUT2D eigenvalue weighted by atomic mass is 16.4. The van der Waals surface area contributed by atoms with Crippen LogP contribution in [-0.2, 0) is 14.4 Å². The first-order chi connectivity index (χ1) is 9.35. The Bertz CT molecular complexity index is 423. The zero-order chi connectivity index (χ0) is 15.3. The molecule has 112 valence electrons. The Balaban J connectivity index is 2.55. The SMILES string of the molecule is CCC(C)C(NC(=O)NC1CCC(=O)NC1=O)C(=O)O. The van der Waals surface area contributed by atoms with E-state index in [1.54, 1.807) is 6.92 Å². The maximum Gasteiger partial charge on any atom is 0.326 e. The van der Waals surface area contributed by atoms with Crippen molar-refractivity contribution < 1.29 is 24.3 Å². The highest BCUT2D eigenvalue weighted by Gasteiger charge is 2.30.